The van der Waals surface area contributed by atoms with E-state index >= 15 is 0 Å². The second kappa shape index (κ2) is 11.7. The Balaban J connectivity index is 0.000000166. The first-order valence-corrected chi connectivity index (χ1v) is 12.9. The number of Topliss-reactive ketones (excluding diaryl/α,β-unsaturated/α-hetero) is 2. The van der Waals surface area contributed by atoms with Crippen molar-refractivity contribution in [2.24, 2.45) is 11.8 Å². The molecule has 8 heteroatoms. The van der Waals surface area contributed by atoms with Crippen LogP contribution in [0.25, 0.3) is 0 Å². The Labute approximate surface area is 217 Å². The van der Waals surface area contributed by atoms with E-state index in [1.807, 2.05) is 37.3 Å². The molecule has 6 rings (SSSR count). The van der Waals surface area contributed by atoms with Gasteiger partial charge in [-0.1, -0.05) is 47.8 Å². The van der Waals surface area contributed by atoms with Crippen molar-refractivity contribution in [1.82, 2.24) is 0 Å². The van der Waals surface area contributed by atoms with Crippen molar-refractivity contribution in [1.29, 1.82) is 0 Å². The minimum absolute atomic E-state index is 0. The Hall–Kier alpha value is -2.16. The van der Waals surface area contributed by atoms with Gasteiger partial charge in [0.2, 0.25) is 0 Å². The van der Waals surface area contributed by atoms with Gasteiger partial charge in [0, 0.05) is 50.9 Å². The summed E-state index contributed by atoms with van der Waals surface area (Å²) < 4.78 is 0.979. The maximum absolute atomic E-state index is 12.2. The van der Waals surface area contributed by atoms with Gasteiger partial charge in [0.25, 0.3) is 0 Å². The number of anilines is 2. The SMILES string of the molecule is C.CB(O)O.Cc1ccc2c(c1)C(=O)C1CCCC1N2.O=C1c2cc(Br)ccc2NC2CCCC12. The van der Waals surface area contributed by atoms with E-state index in [0.717, 1.165) is 52.7 Å². The molecule has 4 aliphatic rings. The Bertz CT molecular complexity index is 993. The number of ketones is 2. The first-order valence-electron chi connectivity index (χ1n) is 12.1. The van der Waals surface area contributed by atoms with E-state index in [1.165, 1.54) is 25.2 Å². The number of carbonyl (C=O) groups is 2. The van der Waals surface area contributed by atoms with Crippen LogP contribution in [0.5, 0.6) is 0 Å². The average Bonchev–Trinajstić information content (AvgIpc) is 3.45. The van der Waals surface area contributed by atoms with Crippen LogP contribution in [0.3, 0.4) is 0 Å². The van der Waals surface area contributed by atoms with Crippen molar-refractivity contribution < 1.29 is 19.6 Å². The lowest BCUT2D eigenvalue weighted by Crippen LogP contribution is -2.35. The molecule has 0 bridgehead atoms. The maximum atomic E-state index is 12.2. The van der Waals surface area contributed by atoms with Gasteiger partial charge >= 0.3 is 7.12 Å². The Morgan fingerprint density at radius 3 is 1.80 bits per heavy atom. The van der Waals surface area contributed by atoms with E-state index in [9.17, 15) is 9.59 Å². The van der Waals surface area contributed by atoms with Crippen LogP contribution in [-0.4, -0.2) is 40.8 Å². The number of halogens is 1. The summed E-state index contributed by atoms with van der Waals surface area (Å²) in [6.45, 7) is 3.31. The molecule has 0 saturated heterocycles. The first-order chi connectivity index (χ1) is 16.2. The molecule has 6 nitrogen and oxygen atoms in total. The molecule has 0 radical (unpaired) electrons. The molecule has 4 N–H and O–H groups in total. The van der Waals surface area contributed by atoms with E-state index in [1.54, 1.807) is 0 Å². The van der Waals surface area contributed by atoms with Crippen molar-refractivity contribution in [3.05, 3.63) is 57.6 Å². The molecule has 0 aromatic heterocycles. The maximum Gasteiger partial charge on any atom is 0.448 e. The van der Waals surface area contributed by atoms with Crippen LogP contribution in [0.2, 0.25) is 6.82 Å². The molecule has 2 heterocycles. The molecule has 2 aromatic carbocycles. The van der Waals surface area contributed by atoms with Crippen LogP contribution in [0, 0.1) is 18.8 Å². The molecule has 188 valence electrons. The molecule has 4 atom stereocenters. The molecule has 2 saturated carbocycles. The van der Waals surface area contributed by atoms with Crippen molar-refractivity contribution in [2.45, 2.75) is 71.8 Å². The van der Waals surface area contributed by atoms with Crippen molar-refractivity contribution in [3.63, 3.8) is 0 Å². The molecule has 35 heavy (non-hydrogen) atoms. The highest BCUT2D eigenvalue weighted by Crippen LogP contribution is 2.39. The van der Waals surface area contributed by atoms with Gasteiger partial charge in [0.15, 0.2) is 11.6 Å². The van der Waals surface area contributed by atoms with Gasteiger partial charge in [0.05, 0.1) is 0 Å². The molecule has 2 aliphatic heterocycles. The van der Waals surface area contributed by atoms with E-state index in [-0.39, 0.29) is 19.3 Å². The number of carbonyl (C=O) groups excluding carboxylic acids is 2. The highest BCUT2D eigenvalue weighted by molar-refractivity contribution is 9.10. The quantitative estimate of drug-likeness (QED) is 0.318. The van der Waals surface area contributed by atoms with E-state index < -0.39 is 7.12 Å². The summed E-state index contributed by atoms with van der Waals surface area (Å²) in [5, 5.41) is 22.2. The fourth-order valence-electron chi connectivity index (χ4n) is 5.53. The number of aryl methyl sites for hydroxylation is 1. The van der Waals surface area contributed by atoms with Gasteiger partial charge in [-0.25, -0.2) is 0 Å². The van der Waals surface area contributed by atoms with Crippen molar-refractivity contribution in [2.75, 3.05) is 10.6 Å². The Kier molecular flexibility index (Phi) is 9.19. The predicted octanol–water partition coefficient (Wildman–Crippen LogP) is 5.72. The van der Waals surface area contributed by atoms with Crippen LogP contribution in [0.15, 0.2) is 40.9 Å². The van der Waals surface area contributed by atoms with Gasteiger partial charge in [-0.2, -0.15) is 0 Å². The second-order valence-electron chi connectivity index (χ2n) is 9.68. The molecular weight excluding hydrogens is 507 g/mol. The predicted molar refractivity (Wildman–Crippen MR) is 146 cm³/mol. The van der Waals surface area contributed by atoms with Crippen LogP contribution >= 0.6 is 15.9 Å². The van der Waals surface area contributed by atoms with E-state index in [4.69, 9.17) is 10.0 Å². The lowest BCUT2D eigenvalue weighted by molar-refractivity contribution is 0.0903. The average molecular weight is 543 g/mol. The molecule has 2 fully saturated rings. The lowest BCUT2D eigenvalue weighted by Gasteiger charge is -2.28. The fraction of sp³-hybridized carbons (Fsp3) is 0.481. The first kappa shape index (κ1) is 27.4. The van der Waals surface area contributed by atoms with Gasteiger partial charge in [-0.05, 0) is 69.8 Å². The number of nitrogens with one attached hydrogen (secondary N) is 2. The van der Waals surface area contributed by atoms with Gasteiger partial charge in [-0.3, -0.25) is 9.59 Å². The lowest BCUT2D eigenvalue weighted by atomic mass is 9.87. The summed E-state index contributed by atoms with van der Waals surface area (Å²) >= 11 is 3.41. The number of hydrogen-bond donors (Lipinski definition) is 4. The van der Waals surface area contributed by atoms with Crippen LogP contribution in [0.4, 0.5) is 11.4 Å². The minimum Gasteiger partial charge on any atom is -0.427 e. The Morgan fingerprint density at radius 2 is 1.29 bits per heavy atom. The third kappa shape index (κ3) is 6.16. The normalized spacial score (nSPS) is 24.9. The highest BCUT2D eigenvalue weighted by Gasteiger charge is 2.39. The van der Waals surface area contributed by atoms with Gasteiger partial charge in [-0.15, -0.1) is 0 Å². The summed E-state index contributed by atoms with van der Waals surface area (Å²) in [6, 6.07) is 12.8. The number of rotatable bonds is 0. The fourth-order valence-corrected chi connectivity index (χ4v) is 5.89. The number of hydrogen-bond acceptors (Lipinski definition) is 6. The summed E-state index contributed by atoms with van der Waals surface area (Å²) in [5.74, 6) is 1.13. The monoisotopic (exact) mass is 542 g/mol. The van der Waals surface area contributed by atoms with Crippen molar-refractivity contribution in [3.8, 4) is 0 Å². The standard InChI is InChI=1S/C13H15NO.C12H12BrNO.CH5BO2.CH4/c1-8-5-6-12-10(7-8)13(15)9-3-2-4-11(9)14-12;13-7-4-5-11-9(6-7)12(15)8-2-1-3-10(8)14-11;1-2(3)4;/h5-7,9,11,14H,2-4H2,1H3;4-6,8,10,14H,1-3H2;3-4H,1H3;1H4. The number of fused-ring (bicyclic) bond motifs is 4. The molecule has 0 amide bonds. The van der Waals surface area contributed by atoms with E-state index in [0.29, 0.717) is 23.7 Å². The Morgan fingerprint density at radius 1 is 0.829 bits per heavy atom. The third-order valence-corrected chi connectivity index (χ3v) is 7.57. The zero-order valence-electron chi connectivity index (χ0n) is 19.7. The zero-order chi connectivity index (χ0) is 24.4. The highest BCUT2D eigenvalue weighted by atomic mass is 79.9. The number of benzene rings is 2. The van der Waals surface area contributed by atoms with Crippen LogP contribution in [0.1, 0.15) is 72.2 Å². The molecule has 0 spiro atoms. The van der Waals surface area contributed by atoms with Crippen LogP contribution < -0.4 is 10.6 Å². The second-order valence-corrected chi connectivity index (χ2v) is 10.6. The van der Waals surface area contributed by atoms with Crippen LogP contribution in [-0.2, 0) is 0 Å². The summed E-state index contributed by atoms with van der Waals surface area (Å²) in [5.41, 5.74) is 4.96. The summed E-state index contributed by atoms with van der Waals surface area (Å²) in [7, 11) is -1.17. The van der Waals surface area contributed by atoms with Gasteiger partial charge in [0.1, 0.15) is 0 Å². The van der Waals surface area contributed by atoms with Gasteiger partial charge < -0.3 is 20.7 Å². The smallest absolute Gasteiger partial charge is 0.427 e. The molecule has 2 aliphatic carbocycles. The summed E-state index contributed by atoms with van der Waals surface area (Å²) in [6.07, 6.45) is 6.73. The van der Waals surface area contributed by atoms with Crippen molar-refractivity contribution >= 4 is 46.0 Å². The third-order valence-electron chi connectivity index (χ3n) is 7.07. The zero-order valence-corrected chi connectivity index (χ0v) is 21.3. The molecular formula is C27H36BBrN2O4. The molecule has 2 aromatic rings. The molecule has 4 unspecified atom stereocenters. The minimum atomic E-state index is -1.17. The van der Waals surface area contributed by atoms with E-state index in [2.05, 4.69) is 32.6 Å². The largest absolute Gasteiger partial charge is 0.448 e. The summed E-state index contributed by atoms with van der Waals surface area (Å²) in [4.78, 5) is 24.4. The topological polar surface area (TPSA) is 98.7 Å².